The molecule has 0 amide bonds. The summed E-state index contributed by atoms with van der Waals surface area (Å²) < 4.78 is 6.29. The number of aromatic nitrogens is 2. The number of rotatable bonds is 3. The second kappa shape index (κ2) is 5.16. The van der Waals surface area contributed by atoms with E-state index in [1.165, 1.54) is 0 Å². The van der Waals surface area contributed by atoms with Crippen LogP contribution in [0.2, 0.25) is 5.02 Å². The van der Waals surface area contributed by atoms with Gasteiger partial charge in [0.1, 0.15) is 0 Å². The van der Waals surface area contributed by atoms with Crippen LogP contribution >= 0.6 is 27.5 Å². The van der Waals surface area contributed by atoms with Crippen LogP contribution in [-0.2, 0) is 0 Å². The van der Waals surface area contributed by atoms with E-state index in [0.717, 1.165) is 16.5 Å². The largest absolute Gasteiger partial charge is 0.419 e. The van der Waals surface area contributed by atoms with Crippen molar-refractivity contribution in [2.75, 3.05) is 0 Å². The van der Waals surface area contributed by atoms with Gasteiger partial charge in [-0.25, -0.2) is 0 Å². The van der Waals surface area contributed by atoms with Gasteiger partial charge in [-0.2, -0.15) is 0 Å². The van der Waals surface area contributed by atoms with Crippen LogP contribution in [0.5, 0.6) is 0 Å². The highest BCUT2D eigenvalue weighted by Gasteiger charge is 2.14. The Labute approximate surface area is 112 Å². The molecule has 2 aromatic rings. The van der Waals surface area contributed by atoms with Crippen molar-refractivity contribution < 1.29 is 4.42 Å². The standard InChI is InChI=1S/C11H11BrClN3O/c1-2-9(14)11-16-15-10(17-11)6-3-4-8(13)7(12)5-6/h3-5,9H,2,14H2,1H3. The van der Waals surface area contributed by atoms with Crippen LogP contribution in [0.3, 0.4) is 0 Å². The van der Waals surface area contributed by atoms with Crippen molar-refractivity contribution in [3.63, 3.8) is 0 Å². The normalized spacial score (nSPS) is 12.7. The molecule has 90 valence electrons. The highest BCUT2D eigenvalue weighted by atomic mass is 79.9. The van der Waals surface area contributed by atoms with Crippen LogP contribution in [0.15, 0.2) is 27.1 Å². The van der Waals surface area contributed by atoms with E-state index in [1.54, 1.807) is 6.07 Å². The highest BCUT2D eigenvalue weighted by Crippen LogP contribution is 2.28. The average molecular weight is 317 g/mol. The van der Waals surface area contributed by atoms with E-state index in [0.29, 0.717) is 16.8 Å². The third-order valence-electron chi connectivity index (χ3n) is 2.36. The van der Waals surface area contributed by atoms with Crippen molar-refractivity contribution in [1.82, 2.24) is 10.2 Å². The first-order chi connectivity index (χ1) is 8.11. The zero-order valence-electron chi connectivity index (χ0n) is 9.15. The first kappa shape index (κ1) is 12.5. The molecule has 0 radical (unpaired) electrons. The zero-order valence-corrected chi connectivity index (χ0v) is 11.5. The monoisotopic (exact) mass is 315 g/mol. The Morgan fingerprint density at radius 3 is 2.88 bits per heavy atom. The fourth-order valence-electron chi connectivity index (χ4n) is 1.30. The molecule has 0 aliphatic heterocycles. The van der Waals surface area contributed by atoms with Gasteiger partial charge in [-0.1, -0.05) is 18.5 Å². The molecule has 0 saturated carbocycles. The van der Waals surface area contributed by atoms with E-state index in [4.69, 9.17) is 21.8 Å². The summed E-state index contributed by atoms with van der Waals surface area (Å²) in [5.41, 5.74) is 6.62. The Morgan fingerprint density at radius 1 is 1.47 bits per heavy atom. The Hall–Kier alpha value is -0.910. The number of nitrogens with zero attached hydrogens (tertiary/aromatic N) is 2. The van der Waals surface area contributed by atoms with Crippen LogP contribution in [-0.4, -0.2) is 10.2 Å². The third-order valence-corrected chi connectivity index (χ3v) is 3.58. The molecule has 0 fully saturated rings. The summed E-state index contributed by atoms with van der Waals surface area (Å²) in [6, 6.07) is 5.20. The maximum Gasteiger partial charge on any atom is 0.247 e. The Morgan fingerprint density at radius 2 is 2.24 bits per heavy atom. The molecular formula is C11H11BrClN3O. The molecule has 0 aliphatic carbocycles. The quantitative estimate of drug-likeness (QED) is 0.940. The summed E-state index contributed by atoms with van der Waals surface area (Å²) in [7, 11) is 0. The Bertz CT molecular complexity index is 529. The summed E-state index contributed by atoms with van der Waals surface area (Å²) in [6.07, 6.45) is 0.756. The number of hydrogen-bond donors (Lipinski definition) is 1. The first-order valence-electron chi connectivity index (χ1n) is 5.16. The molecule has 6 heteroatoms. The second-order valence-electron chi connectivity index (χ2n) is 3.59. The number of halogens is 2. The summed E-state index contributed by atoms with van der Waals surface area (Å²) in [5, 5.41) is 8.53. The second-order valence-corrected chi connectivity index (χ2v) is 4.85. The maximum atomic E-state index is 5.91. The van der Waals surface area contributed by atoms with Crippen LogP contribution < -0.4 is 5.73 Å². The molecule has 2 N–H and O–H groups in total. The number of benzene rings is 1. The molecule has 1 aromatic heterocycles. The van der Waals surface area contributed by atoms with Gasteiger partial charge >= 0.3 is 0 Å². The van der Waals surface area contributed by atoms with Crippen LogP contribution in [0.4, 0.5) is 0 Å². The van der Waals surface area contributed by atoms with E-state index in [9.17, 15) is 0 Å². The number of hydrogen-bond acceptors (Lipinski definition) is 4. The van der Waals surface area contributed by atoms with Gasteiger partial charge in [0.2, 0.25) is 11.8 Å². The first-order valence-corrected chi connectivity index (χ1v) is 6.33. The fourth-order valence-corrected chi connectivity index (χ4v) is 1.80. The summed E-state index contributed by atoms with van der Waals surface area (Å²) in [4.78, 5) is 0. The van der Waals surface area contributed by atoms with Crippen LogP contribution in [0.1, 0.15) is 25.3 Å². The minimum absolute atomic E-state index is 0.216. The third kappa shape index (κ3) is 2.68. The molecule has 0 saturated heterocycles. The smallest absolute Gasteiger partial charge is 0.247 e. The van der Waals surface area contributed by atoms with Crippen LogP contribution in [0.25, 0.3) is 11.5 Å². The summed E-state index contributed by atoms with van der Waals surface area (Å²) >= 11 is 9.26. The van der Waals surface area contributed by atoms with Gasteiger partial charge in [-0.3, -0.25) is 0 Å². The maximum absolute atomic E-state index is 5.91. The van der Waals surface area contributed by atoms with Gasteiger partial charge in [-0.05, 0) is 40.5 Å². The molecule has 1 aromatic carbocycles. The van der Waals surface area contributed by atoms with Crippen molar-refractivity contribution in [3.05, 3.63) is 33.6 Å². The van der Waals surface area contributed by atoms with Crippen molar-refractivity contribution in [2.24, 2.45) is 5.73 Å². The Balaban J connectivity index is 2.33. The van der Waals surface area contributed by atoms with Crippen molar-refractivity contribution in [2.45, 2.75) is 19.4 Å². The molecule has 1 atom stereocenters. The van der Waals surface area contributed by atoms with E-state index >= 15 is 0 Å². The molecule has 2 rings (SSSR count). The minimum atomic E-state index is -0.216. The zero-order chi connectivity index (χ0) is 12.4. The van der Waals surface area contributed by atoms with Gasteiger partial charge in [0.05, 0.1) is 11.1 Å². The topological polar surface area (TPSA) is 64.9 Å². The van der Waals surface area contributed by atoms with Gasteiger partial charge in [0, 0.05) is 10.0 Å². The lowest BCUT2D eigenvalue weighted by atomic mass is 10.2. The van der Waals surface area contributed by atoms with Crippen molar-refractivity contribution in [3.8, 4) is 11.5 Å². The van der Waals surface area contributed by atoms with Gasteiger partial charge in [0.15, 0.2) is 0 Å². The molecule has 0 bridgehead atoms. The molecular weight excluding hydrogens is 305 g/mol. The molecule has 0 aliphatic rings. The van der Waals surface area contributed by atoms with E-state index in [1.807, 2.05) is 19.1 Å². The molecule has 1 unspecified atom stereocenters. The average Bonchev–Trinajstić information content (AvgIpc) is 2.81. The summed E-state index contributed by atoms with van der Waals surface area (Å²) in [6.45, 7) is 1.97. The fraction of sp³-hybridized carbons (Fsp3) is 0.273. The van der Waals surface area contributed by atoms with E-state index in [2.05, 4.69) is 26.1 Å². The lowest BCUT2D eigenvalue weighted by Crippen LogP contribution is -2.08. The molecule has 4 nitrogen and oxygen atoms in total. The van der Waals surface area contributed by atoms with Crippen molar-refractivity contribution in [1.29, 1.82) is 0 Å². The number of nitrogens with two attached hydrogens (primary N) is 1. The highest BCUT2D eigenvalue weighted by molar-refractivity contribution is 9.10. The predicted octanol–water partition coefficient (Wildman–Crippen LogP) is 3.56. The Kier molecular flexibility index (Phi) is 3.81. The molecule has 0 spiro atoms. The lowest BCUT2D eigenvalue weighted by Gasteiger charge is -2.01. The van der Waals surface area contributed by atoms with E-state index in [-0.39, 0.29) is 6.04 Å². The van der Waals surface area contributed by atoms with Crippen molar-refractivity contribution >= 4 is 27.5 Å². The minimum Gasteiger partial charge on any atom is -0.419 e. The van der Waals surface area contributed by atoms with E-state index < -0.39 is 0 Å². The van der Waals surface area contributed by atoms with Crippen LogP contribution in [0, 0.1) is 0 Å². The molecule has 17 heavy (non-hydrogen) atoms. The van der Waals surface area contributed by atoms with Gasteiger partial charge in [0.25, 0.3) is 0 Å². The summed E-state index contributed by atoms with van der Waals surface area (Å²) in [5.74, 6) is 0.898. The predicted molar refractivity (Wildman–Crippen MR) is 69.7 cm³/mol. The van der Waals surface area contributed by atoms with Gasteiger partial charge in [-0.15, -0.1) is 10.2 Å². The SMILES string of the molecule is CCC(N)c1nnc(-c2ccc(Cl)c(Br)c2)o1. The van der Waals surface area contributed by atoms with Gasteiger partial charge < -0.3 is 10.2 Å². The lowest BCUT2D eigenvalue weighted by molar-refractivity contribution is 0.452. The molecule has 1 heterocycles.